The van der Waals surface area contributed by atoms with E-state index in [2.05, 4.69) is 10.6 Å². The summed E-state index contributed by atoms with van der Waals surface area (Å²) in [5.41, 5.74) is 6.03. The van der Waals surface area contributed by atoms with Crippen molar-refractivity contribution in [2.75, 3.05) is 55.2 Å². The molecule has 2 N–H and O–H groups in total. The summed E-state index contributed by atoms with van der Waals surface area (Å²) in [6.07, 6.45) is 12.1. The van der Waals surface area contributed by atoms with E-state index in [1.807, 2.05) is 30.5 Å². The molecule has 0 saturated heterocycles. The molecule has 0 bridgehead atoms. The van der Waals surface area contributed by atoms with Gasteiger partial charge in [-0.3, -0.25) is 23.4 Å². The molecule has 63 heavy (non-hydrogen) atoms. The van der Waals surface area contributed by atoms with E-state index in [1.165, 1.54) is 43.3 Å². The summed E-state index contributed by atoms with van der Waals surface area (Å²) in [6, 6.07) is 13.3. The van der Waals surface area contributed by atoms with E-state index >= 15 is 0 Å². The number of ether oxygens (including phenoxy) is 6. The standard InChI is InChI=1S/C24H27NO6S.C24H27NO5S/c1-6-7-21(27)25-17-10-8-14-12-19(29-2)23(30-3)24(31-4)22(14)15-9-11-20(32(5)28)18(26)13-16(15)17;1-6-7-21(27)25-17-10-8-14-12-19(28-2)23(29-3)24(30-4)22(14)15-9-11-20(31-5)18(26)13-16(15)17/h6-7,9,11-13,17H,8,10H2,1-5H3,(H,25,27);6-7,9,11-13,17H,8,10H2,1-5H3,(H,25,27)/b2*7-6+/t17-,32?;17-/m00/s1. The van der Waals surface area contributed by atoms with Gasteiger partial charge in [-0.2, -0.15) is 0 Å². The fraction of sp³-hybridized carbons (Fsp3) is 0.333. The van der Waals surface area contributed by atoms with Crippen LogP contribution in [0.2, 0.25) is 0 Å². The number of hydrogen-bond donors (Lipinski definition) is 2. The molecule has 4 aromatic carbocycles. The summed E-state index contributed by atoms with van der Waals surface area (Å²) in [7, 11) is 7.91. The molecule has 1 unspecified atom stereocenters. The Morgan fingerprint density at radius 3 is 1.44 bits per heavy atom. The molecule has 13 nitrogen and oxygen atoms in total. The molecule has 0 aliphatic heterocycles. The molecular formula is C48H54N2O11S2. The van der Waals surface area contributed by atoms with Crippen LogP contribution in [0.4, 0.5) is 0 Å². The lowest BCUT2D eigenvalue weighted by molar-refractivity contribution is -0.118. The summed E-state index contributed by atoms with van der Waals surface area (Å²) in [5, 5.41) is 6.04. The molecule has 0 aromatic heterocycles. The SMILES string of the molecule is C/C=C/C(=O)N[C@H]1CCc2cc(OC)c(OC)c(OC)c2-c2ccc(S(C)=O)c(=O)cc21.C/C=C/C(=O)N[C@H]1CCc2cc(OC)c(OC)c(OC)c2-c2ccc(SC)c(=O)cc21. The van der Waals surface area contributed by atoms with Gasteiger partial charge in [0.15, 0.2) is 33.9 Å². The maximum Gasteiger partial charge on any atom is 0.244 e. The second-order valence-corrected chi connectivity index (χ2v) is 16.6. The van der Waals surface area contributed by atoms with Crippen molar-refractivity contribution < 1.29 is 42.2 Å². The molecule has 6 rings (SSSR count). The third kappa shape index (κ3) is 10.3. The zero-order valence-electron chi connectivity index (χ0n) is 37.2. The predicted molar refractivity (Wildman–Crippen MR) is 248 cm³/mol. The fourth-order valence-corrected chi connectivity index (χ4v) is 9.11. The number of benzene rings is 2. The number of aryl methyl sites for hydroxylation is 2. The van der Waals surface area contributed by atoms with Crippen LogP contribution in [0.5, 0.6) is 34.5 Å². The lowest BCUT2D eigenvalue weighted by Gasteiger charge is -2.19. The van der Waals surface area contributed by atoms with Gasteiger partial charge >= 0.3 is 0 Å². The Kier molecular flexibility index (Phi) is 16.6. The summed E-state index contributed by atoms with van der Waals surface area (Å²) in [6.45, 7) is 3.55. The van der Waals surface area contributed by atoms with Gasteiger partial charge in [-0.15, -0.1) is 11.8 Å². The average molecular weight is 899 g/mol. The van der Waals surface area contributed by atoms with E-state index in [0.717, 1.165) is 33.4 Å². The molecule has 0 radical (unpaired) electrons. The van der Waals surface area contributed by atoms with Crippen molar-refractivity contribution >= 4 is 34.4 Å². The second kappa shape index (κ2) is 21.8. The number of amides is 2. The van der Waals surface area contributed by atoms with Gasteiger partial charge in [0.05, 0.1) is 75.3 Å². The van der Waals surface area contributed by atoms with Gasteiger partial charge in [-0.05, 0) is 128 Å². The van der Waals surface area contributed by atoms with Crippen LogP contribution in [-0.4, -0.2) is 71.2 Å². The number of fused-ring (bicyclic) bond motifs is 6. The molecule has 0 heterocycles. The molecule has 0 saturated carbocycles. The van der Waals surface area contributed by atoms with Gasteiger partial charge < -0.3 is 39.1 Å². The van der Waals surface area contributed by atoms with Crippen molar-refractivity contribution in [3.05, 3.63) is 116 Å². The number of carbonyl (C=O) groups excluding carboxylic acids is 2. The Labute approximate surface area is 374 Å². The highest BCUT2D eigenvalue weighted by atomic mass is 32.2. The molecule has 3 atom stereocenters. The van der Waals surface area contributed by atoms with Crippen LogP contribution in [0.25, 0.3) is 22.3 Å². The number of methoxy groups -OCH3 is 6. The Bertz CT molecular complexity index is 2590. The first-order chi connectivity index (χ1) is 30.3. The monoisotopic (exact) mass is 898 g/mol. The number of thioether (sulfide) groups is 1. The molecule has 0 spiro atoms. The summed E-state index contributed by atoms with van der Waals surface area (Å²) >= 11 is 1.39. The van der Waals surface area contributed by atoms with E-state index < -0.39 is 16.8 Å². The van der Waals surface area contributed by atoms with Crippen molar-refractivity contribution in [1.82, 2.24) is 10.6 Å². The van der Waals surface area contributed by atoms with Crippen molar-refractivity contribution in [2.45, 2.75) is 61.4 Å². The molecular weight excluding hydrogens is 845 g/mol. The maximum atomic E-state index is 12.9. The van der Waals surface area contributed by atoms with Crippen LogP contribution in [-0.2, 0) is 33.2 Å². The van der Waals surface area contributed by atoms with E-state index in [9.17, 15) is 23.4 Å². The topological polar surface area (TPSA) is 165 Å². The zero-order valence-corrected chi connectivity index (χ0v) is 38.9. The maximum absolute atomic E-state index is 12.9. The highest BCUT2D eigenvalue weighted by molar-refractivity contribution is 7.98. The van der Waals surface area contributed by atoms with Crippen LogP contribution in [0.1, 0.15) is 61.0 Å². The first kappa shape index (κ1) is 48.0. The average Bonchev–Trinajstić information content (AvgIpc) is 3.67. The van der Waals surface area contributed by atoms with Gasteiger partial charge in [0, 0.05) is 17.4 Å². The van der Waals surface area contributed by atoms with E-state index in [4.69, 9.17) is 28.4 Å². The number of carbonyl (C=O) groups is 2. The van der Waals surface area contributed by atoms with E-state index in [0.29, 0.717) is 76.2 Å². The van der Waals surface area contributed by atoms with Crippen molar-refractivity contribution in [3.8, 4) is 56.8 Å². The van der Waals surface area contributed by atoms with Crippen LogP contribution in [0.15, 0.2) is 92.2 Å². The quantitative estimate of drug-likeness (QED) is 0.108. The highest BCUT2D eigenvalue weighted by Crippen LogP contribution is 2.51. The molecule has 2 aliphatic rings. The highest BCUT2D eigenvalue weighted by Gasteiger charge is 2.31. The zero-order chi connectivity index (χ0) is 46.0. The Balaban J connectivity index is 0.000000238. The third-order valence-corrected chi connectivity index (χ3v) is 12.5. The minimum Gasteiger partial charge on any atom is -0.493 e. The number of allylic oxidation sites excluding steroid dienone is 2. The normalized spacial score (nSPS) is 15.4. The van der Waals surface area contributed by atoms with E-state index in [1.54, 1.807) is 79.7 Å². The van der Waals surface area contributed by atoms with Crippen molar-refractivity contribution in [3.63, 3.8) is 0 Å². The van der Waals surface area contributed by atoms with Crippen LogP contribution in [0.3, 0.4) is 0 Å². The van der Waals surface area contributed by atoms with Crippen molar-refractivity contribution in [2.24, 2.45) is 0 Å². The fourth-order valence-electron chi connectivity index (χ4n) is 8.04. The first-order valence-electron chi connectivity index (χ1n) is 20.1. The molecule has 2 amide bonds. The Morgan fingerprint density at radius 2 is 1.06 bits per heavy atom. The number of hydrogen-bond acceptors (Lipinski definition) is 12. The van der Waals surface area contributed by atoms with Gasteiger partial charge in [-0.25, -0.2) is 0 Å². The van der Waals surface area contributed by atoms with Gasteiger partial charge in [0.25, 0.3) is 0 Å². The minimum atomic E-state index is -1.46. The van der Waals surface area contributed by atoms with Crippen LogP contribution in [0, 0.1) is 0 Å². The number of nitrogens with one attached hydrogen (secondary N) is 2. The van der Waals surface area contributed by atoms with E-state index in [-0.39, 0.29) is 33.6 Å². The lowest BCUT2D eigenvalue weighted by Crippen LogP contribution is -2.27. The summed E-state index contributed by atoms with van der Waals surface area (Å²) < 4.78 is 45.9. The molecule has 4 aromatic rings. The first-order valence-corrected chi connectivity index (χ1v) is 22.9. The van der Waals surface area contributed by atoms with Crippen LogP contribution < -0.4 is 49.9 Å². The Hall–Kier alpha value is -6.06. The van der Waals surface area contributed by atoms with Gasteiger partial charge in [-0.1, -0.05) is 24.3 Å². The molecule has 334 valence electrons. The van der Waals surface area contributed by atoms with Crippen LogP contribution >= 0.6 is 11.8 Å². The lowest BCUT2D eigenvalue weighted by atomic mass is 9.95. The molecule has 2 aliphatic carbocycles. The molecule has 15 heteroatoms. The smallest absolute Gasteiger partial charge is 0.244 e. The minimum absolute atomic E-state index is 0.0815. The largest absolute Gasteiger partial charge is 0.493 e. The van der Waals surface area contributed by atoms with Gasteiger partial charge in [0.1, 0.15) is 0 Å². The third-order valence-electron chi connectivity index (χ3n) is 10.8. The predicted octanol–water partition coefficient (Wildman–Crippen LogP) is 7.30. The van der Waals surface area contributed by atoms with Crippen molar-refractivity contribution in [1.29, 1.82) is 0 Å². The van der Waals surface area contributed by atoms with Gasteiger partial charge in [0.2, 0.25) is 23.3 Å². The summed E-state index contributed by atoms with van der Waals surface area (Å²) in [4.78, 5) is 51.3. The summed E-state index contributed by atoms with van der Waals surface area (Å²) in [5.74, 6) is 2.59. The Morgan fingerprint density at radius 1 is 0.635 bits per heavy atom. The second-order valence-electron chi connectivity index (χ2n) is 14.4. The molecule has 0 fully saturated rings. The number of rotatable bonds is 12.